The molecule has 0 aromatic heterocycles. The summed E-state index contributed by atoms with van der Waals surface area (Å²) in [5.74, 6) is 0.0498. The minimum absolute atomic E-state index is 0.0498. The van der Waals surface area contributed by atoms with Gasteiger partial charge in [0, 0.05) is 32.1 Å². The highest BCUT2D eigenvalue weighted by molar-refractivity contribution is 5.73. The molecule has 1 amide bonds. The van der Waals surface area contributed by atoms with Gasteiger partial charge in [-0.15, -0.1) is 0 Å². The molecule has 15 heavy (non-hydrogen) atoms. The van der Waals surface area contributed by atoms with Gasteiger partial charge in [0.05, 0.1) is 6.10 Å². The summed E-state index contributed by atoms with van der Waals surface area (Å²) in [6.45, 7) is 3.47. The van der Waals surface area contributed by atoms with Gasteiger partial charge in [-0.2, -0.15) is 0 Å². The maximum Gasteiger partial charge on any atom is 0.217 e. The first-order chi connectivity index (χ1) is 7.16. The Morgan fingerprint density at radius 3 is 2.80 bits per heavy atom. The summed E-state index contributed by atoms with van der Waals surface area (Å²) in [6.07, 6.45) is 4.04. The van der Waals surface area contributed by atoms with Crippen LogP contribution in [0.1, 0.15) is 32.6 Å². The van der Waals surface area contributed by atoms with Crippen LogP contribution in [-0.4, -0.2) is 47.2 Å². The third-order valence-electron chi connectivity index (χ3n) is 3.54. The topological polar surface area (TPSA) is 52.6 Å². The molecule has 3 unspecified atom stereocenters. The molecule has 2 fully saturated rings. The van der Waals surface area contributed by atoms with Gasteiger partial charge >= 0.3 is 0 Å². The van der Waals surface area contributed by atoms with Crippen molar-refractivity contribution in [2.24, 2.45) is 0 Å². The molecule has 3 atom stereocenters. The van der Waals surface area contributed by atoms with Crippen LogP contribution in [0.5, 0.6) is 0 Å². The molecule has 4 nitrogen and oxygen atoms in total. The van der Waals surface area contributed by atoms with Gasteiger partial charge in [-0.25, -0.2) is 0 Å². The Balaban J connectivity index is 1.84. The lowest BCUT2D eigenvalue weighted by molar-refractivity contribution is -0.119. The van der Waals surface area contributed by atoms with Crippen molar-refractivity contribution < 1.29 is 9.90 Å². The molecule has 0 bridgehead atoms. The fourth-order valence-corrected chi connectivity index (χ4v) is 2.84. The third-order valence-corrected chi connectivity index (χ3v) is 3.54. The molecule has 0 spiro atoms. The number of aliphatic hydroxyl groups excluding tert-OH is 1. The molecule has 2 N–H and O–H groups in total. The van der Waals surface area contributed by atoms with Crippen LogP contribution in [0.2, 0.25) is 0 Å². The minimum Gasteiger partial charge on any atom is -0.391 e. The monoisotopic (exact) mass is 212 g/mol. The first-order valence-corrected chi connectivity index (χ1v) is 5.86. The van der Waals surface area contributed by atoms with E-state index in [2.05, 4.69) is 10.2 Å². The zero-order chi connectivity index (χ0) is 10.8. The minimum atomic E-state index is -0.152. The summed E-state index contributed by atoms with van der Waals surface area (Å²) < 4.78 is 0. The second-order valence-electron chi connectivity index (χ2n) is 4.75. The van der Waals surface area contributed by atoms with E-state index in [1.807, 2.05) is 0 Å². The van der Waals surface area contributed by atoms with Crippen LogP contribution in [0, 0.1) is 0 Å². The Morgan fingerprint density at radius 1 is 1.40 bits per heavy atom. The van der Waals surface area contributed by atoms with Crippen LogP contribution in [0.4, 0.5) is 0 Å². The number of amides is 1. The SMILES string of the molecule is CC(=O)NC1CCN(C2CCCC2O)C1. The number of hydrogen-bond donors (Lipinski definition) is 2. The number of nitrogens with zero attached hydrogens (tertiary/aromatic N) is 1. The lowest BCUT2D eigenvalue weighted by Crippen LogP contribution is -2.42. The Hall–Kier alpha value is -0.610. The van der Waals surface area contributed by atoms with Crippen LogP contribution in [-0.2, 0) is 4.79 Å². The molecular formula is C11H20N2O2. The first-order valence-electron chi connectivity index (χ1n) is 5.86. The third kappa shape index (κ3) is 2.49. The Labute approximate surface area is 90.6 Å². The highest BCUT2D eigenvalue weighted by Gasteiger charge is 2.35. The number of hydrogen-bond acceptors (Lipinski definition) is 3. The zero-order valence-corrected chi connectivity index (χ0v) is 9.28. The molecule has 1 aliphatic carbocycles. The Bertz CT molecular complexity index is 245. The summed E-state index contributed by atoms with van der Waals surface area (Å²) in [5.41, 5.74) is 0. The summed E-state index contributed by atoms with van der Waals surface area (Å²) in [7, 11) is 0. The van der Waals surface area contributed by atoms with Gasteiger partial charge in [-0.05, 0) is 25.7 Å². The van der Waals surface area contributed by atoms with Gasteiger partial charge < -0.3 is 10.4 Å². The molecule has 0 aromatic rings. The van der Waals surface area contributed by atoms with E-state index in [1.54, 1.807) is 6.92 Å². The molecule has 0 aromatic carbocycles. The van der Waals surface area contributed by atoms with Crippen LogP contribution >= 0.6 is 0 Å². The number of carbonyl (C=O) groups excluding carboxylic acids is 1. The van der Waals surface area contributed by atoms with Crippen molar-refractivity contribution in [1.82, 2.24) is 10.2 Å². The maximum absolute atomic E-state index is 10.9. The van der Waals surface area contributed by atoms with E-state index < -0.39 is 0 Å². The van der Waals surface area contributed by atoms with Gasteiger partial charge in [-0.3, -0.25) is 9.69 Å². The molecule has 2 aliphatic rings. The van der Waals surface area contributed by atoms with Gasteiger partial charge in [0.1, 0.15) is 0 Å². The van der Waals surface area contributed by atoms with Crippen LogP contribution in [0.3, 0.4) is 0 Å². The van der Waals surface area contributed by atoms with Crippen molar-refractivity contribution >= 4 is 5.91 Å². The summed E-state index contributed by atoms with van der Waals surface area (Å²) >= 11 is 0. The molecule has 1 aliphatic heterocycles. The van der Waals surface area contributed by atoms with Gasteiger partial charge in [-0.1, -0.05) is 0 Å². The fourth-order valence-electron chi connectivity index (χ4n) is 2.84. The average molecular weight is 212 g/mol. The lowest BCUT2D eigenvalue weighted by Gasteiger charge is -2.26. The standard InChI is InChI=1S/C11H20N2O2/c1-8(14)12-9-5-6-13(7-9)10-3-2-4-11(10)15/h9-11,15H,2-7H2,1H3,(H,12,14). The summed E-state index contributed by atoms with van der Waals surface area (Å²) in [4.78, 5) is 13.2. The predicted octanol–water partition coefficient (Wildman–Crippen LogP) is 0.110. The Kier molecular flexibility index (Phi) is 3.26. The van der Waals surface area contributed by atoms with Crippen molar-refractivity contribution in [2.45, 2.75) is 50.8 Å². The second kappa shape index (κ2) is 4.49. The number of likely N-dealkylation sites (tertiary alicyclic amines) is 1. The van der Waals surface area contributed by atoms with Crippen LogP contribution in [0.25, 0.3) is 0 Å². The van der Waals surface area contributed by atoms with Crippen molar-refractivity contribution in [2.75, 3.05) is 13.1 Å². The normalized spacial score (nSPS) is 37.1. The number of rotatable bonds is 2. The largest absolute Gasteiger partial charge is 0.391 e. The Morgan fingerprint density at radius 2 is 2.20 bits per heavy atom. The molecular weight excluding hydrogens is 192 g/mol. The summed E-state index contributed by atoms with van der Waals surface area (Å²) in [5, 5.41) is 12.7. The molecule has 1 saturated heterocycles. The summed E-state index contributed by atoms with van der Waals surface area (Å²) in [6, 6.07) is 0.624. The molecule has 2 rings (SSSR count). The lowest BCUT2D eigenvalue weighted by atomic mass is 10.2. The van der Waals surface area contributed by atoms with Crippen molar-refractivity contribution in [3.63, 3.8) is 0 Å². The highest BCUT2D eigenvalue weighted by atomic mass is 16.3. The molecule has 0 radical (unpaired) electrons. The predicted molar refractivity (Wildman–Crippen MR) is 57.4 cm³/mol. The zero-order valence-electron chi connectivity index (χ0n) is 9.28. The van der Waals surface area contributed by atoms with Crippen LogP contribution in [0.15, 0.2) is 0 Å². The van der Waals surface area contributed by atoms with Crippen molar-refractivity contribution in [3.8, 4) is 0 Å². The van der Waals surface area contributed by atoms with Crippen molar-refractivity contribution in [1.29, 1.82) is 0 Å². The quantitative estimate of drug-likeness (QED) is 0.683. The van der Waals surface area contributed by atoms with E-state index in [1.165, 1.54) is 0 Å². The van der Waals surface area contributed by atoms with Crippen molar-refractivity contribution in [3.05, 3.63) is 0 Å². The molecule has 4 heteroatoms. The van der Waals surface area contributed by atoms with Gasteiger partial charge in [0.25, 0.3) is 0 Å². The molecule has 86 valence electrons. The van der Waals surface area contributed by atoms with Gasteiger partial charge in [0.2, 0.25) is 5.91 Å². The second-order valence-corrected chi connectivity index (χ2v) is 4.75. The molecule has 1 heterocycles. The highest BCUT2D eigenvalue weighted by Crippen LogP contribution is 2.26. The van der Waals surface area contributed by atoms with E-state index in [0.29, 0.717) is 6.04 Å². The molecule has 1 saturated carbocycles. The average Bonchev–Trinajstić information content (AvgIpc) is 2.72. The first kappa shape index (κ1) is 10.9. The van der Waals surface area contributed by atoms with E-state index in [4.69, 9.17) is 0 Å². The number of nitrogens with one attached hydrogen (secondary N) is 1. The van der Waals surface area contributed by atoms with E-state index in [0.717, 1.165) is 38.8 Å². The maximum atomic E-state index is 10.9. The van der Waals surface area contributed by atoms with Crippen LogP contribution < -0.4 is 5.32 Å². The van der Waals surface area contributed by atoms with E-state index >= 15 is 0 Å². The number of carbonyl (C=O) groups is 1. The van der Waals surface area contributed by atoms with E-state index in [-0.39, 0.29) is 18.1 Å². The van der Waals surface area contributed by atoms with E-state index in [9.17, 15) is 9.90 Å². The van der Waals surface area contributed by atoms with Gasteiger partial charge in [0.15, 0.2) is 0 Å². The smallest absolute Gasteiger partial charge is 0.217 e. The fraction of sp³-hybridized carbons (Fsp3) is 0.909. The number of aliphatic hydroxyl groups is 1.